The summed E-state index contributed by atoms with van der Waals surface area (Å²) >= 11 is 0. The van der Waals surface area contributed by atoms with E-state index in [9.17, 15) is 24.3 Å². The molecule has 0 aliphatic heterocycles. The maximum Gasteiger partial charge on any atom is 0.303 e. The highest BCUT2D eigenvalue weighted by atomic mass is 16.6. The van der Waals surface area contributed by atoms with Gasteiger partial charge in [0.05, 0.1) is 7.98 Å². The Labute approximate surface area is 128 Å². The number of hydrogen-bond donors (Lipinski definition) is 1. The summed E-state index contributed by atoms with van der Waals surface area (Å²) in [6, 6.07) is 0. The fraction of sp³-hybridized carbons (Fsp3) is 0.692. The van der Waals surface area contributed by atoms with Gasteiger partial charge in [0.15, 0.2) is 24.6 Å². The van der Waals surface area contributed by atoms with Gasteiger partial charge in [-0.05, 0) is 0 Å². The number of carbonyl (C=O) groups excluding carboxylic acids is 4. The van der Waals surface area contributed by atoms with E-state index >= 15 is 0 Å². The molecule has 0 aliphatic carbocycles. The van der Waals surface area contributed by atoms with Crippen molar-refractivity contribution in [1.82, 2.24) is 0 Å². The second kappa shape index (κ2) is 9.85. The normalized spacial score (nSPS) is 16.5. The molecule has 0 spiro atoms. The smallest absolute Gasteiger partial charge is 0.303 e. The van der Waals surface area contributed by atoms with Crippen molar-refractivity contribution in [2.24, 2.45) is 0 Å². The first kappa shape index (κ1) is 18.1. The van der Waals surface area contributed by atoms with Crippen LogP contribution in [0.25, 0.3) is 0 Å². The molecule has 0 fully saturated rings. The van der Waals surface area contributed by atoms with Gasteiger partial charge >= 0.3 is 17.9 Å². The van der Waals surface area contributed by atoms with Crippen molar-refractivity contribution in [1.29, 1.82) is 0 Å². The van der Waals surface area contributed by atoms with Crippen molar-refractivity contribution in [3.8, 4) is 0 Å². The number of ether oxygens (including phenoxy) is 4. The van der Waals surface area contributed by atoms with Crippen LogP contribution in [-0.2, 0) is 38.1 Å². The Hall–Kier alpha value is -2.00. The van der Waals surface area contributed by atoms with Crippen molar-refractivity contribution in [3.05, 3.63) is 0 Å². The predicted octanol–water partition coefficient (Wildman–Crippen LogP) is -1.01. The number of esters is 3. The second-order valence-electron chi connectivity index (χ2n) is 4.30. The summed E-state index contributed by atoms with van der Waals surface area (Å²) in [6.45, 7) is 2.67. The van der Waals surface area contributed by atoms with E-state index in [1.165, 1.54) is 0 Å². The van der Waals surface area contributed by atoms with Crippen molar-refractivity contribution >= 4 is 24.2 Å². The summed E-state index contributed by atoms with van der Waals surface area (Å²) in [7, 11) is -0.469. The Morgan fingerprint density at radius 2 is 1.55 bits per heavy atom. The quantitative estimate of drug-likeness (QED) is 0.323. The minimum absolute atomic E-state index is 0.184. The second-order valence-corrected chi connectivity index (χ2v) is 4.30. The van der Waals surface area contributed by atoms with Gasteiger partial charge < -0.3 is 24.1 Å². The standard InChI is InChI=1S/C13H20O9/c1-7(15)20-11(5-14)13(22-9(3)17)12(21-8(2)16)10(18)6-19-4/h5,10-13,18H,6H2,1-4H3/t10-,11+,12+,13-/m1/s1/i4D. The molecular weight excluding hydrogens is 300 g/mol. The van der Waals surface area contributed by atoms with Crippen LogP contribution in [0.1, 0.15) is 22.1 Å². The number of rotatable bonds is 9. The summed E-state index contributed by atoms with van der Waals surface area (Å²) in [6.07, 6.45) is -6.03. The van der Waals surface area contributed by atoms with E-state index < -0.39 is 56.0 Å². The molecule has 0 aliphatic rings. The molecule has 0 saturated heterocycles. The van der Waals surface area contributed by atoms with Crippen LogP contribution < -0.4 is 0 Å². The molecule has 9 nitrogen and oxygen atoms in total. The minimum atomic E-state index is -1.59. The van der Waals surface area contributed by atoms with E-state index in [1.807, 2.05) is 0 Å². The Kier molecular flexibility index (Phi) is 8.08. The molecule has 1 N–H and O–H groups in total. The lowest BCUT2D eigenvalue weighted by atomic mass is 10.0. The molecule has 4 atom stereocenters. The molecule has 0 radical (unpaired) electrons. The first-order chi connectivity index (χ1) is 10.7. The molecule has 0 bridgehead atoms. The van der Waals surface area contributed by atoms with Gasteiger partial charge in [0, 0.05) is 27.9 Å². The van der Waals surface area contributed by atoms with Gasteiger partial charge in [-0.25, -0.2) is 0 Å². The Morgan fingerprint density at radius 3 is 1.95 bits per heavy atom. The highest BCUT2D eigenvalue weighted by molar-refractivity contribution is 5.72. The molecule has 0 aromatic heterocycles. The lowest BCUT2D eigenvalue weighted by molar-refractivity contribution is -0.194. The number of methoxy groups -OCH3 is 1. The van der Waals surface area contributed by atoms with E-state index in [4.69, 9.17) is 20.3 Å². The van der Waals surface area contributed by atoms with Gasteiger partial charge in [-0.3, -0.25) is 19.2 Å². The van der Waals surface area contributed by atoms with Gasteiger partial charge in [0.1, 0.15) is 6.10 Å². The Balaban J connectivity index is 5.48. The first-order valence-electron chi connectivity index (χ1n) is 6.95. The third-order valence-electron chi connectivity index (χ3n) is 2.36. The molecule has 22 heavy (non-hydrogen) atoms. The van der Waals surface area contributed by atoms with Crippen molar-refractivity contribution < 1.29 is 44.6 Å². The van der Waals surface area contributed by atoms with E-state index in [1.54, 1.807) is 0 Å². The molecule has 126 valence electrons. The van der Waals surface area contributed by atoms with Gasteiger partial charge in [-0.2, -0.15) is 0 Å². The third-order valence-corrected chi connectivity index (χ3v) is 2.36. The molecule has 0 aromatic carbocycles. The summed E-state index contributed by atoms with van der Waals surface area (Å²) in [5.41, 5.74) is 0. The largest absolute Gasteiger partial charge is 0.456 e. The van der Waals surface area contributed by atoms with Crippen molar-refractivity contribution in [3.63, 3.8) is 0 Å². The monoisotopic (exact) mass is 321 g/mol. The third kappa shape index (κ3) is 7.14. The highest BCUT2D eigenvalue weighted by Crippen LogP contribution is 2.16. The molecule has 0 amide bonds. The zero-order chi connectivity index (χ0) is 18.0. The summed E-state index contributed by atoms with van der Waals surface area (Å²) in [4.78, 5) is 44.6. The van der Waals surface area contributed by atoms with Crippen LogP contribution in [0.3, 0.4) is 0 Å². The van der Waals surface area contributed by atoms with E-state index in [0.717, 1.165) is 20.8 Å². The van der Waals surface area contributed by atoms with Crippen molar-refractivity contribution in [2.75, 3.05) is 13.7 Å². The van der Waals surface area contributed by atoms with Crippen LogP contribution in [0.5, 0.6) is 0 Å². The van der Waals surface area contributed by atoms with E-state index in [-0.39, 0.29) is 6.29 Å². The van der Waals surface area contributed by atoms with Gasteiger partial charge in [0.2, 0.25) is 0 Å². The predicted molar refractivity (Wildman–Crippen MR) is 70.6 cm³/mol. The summed E-state index contributed by atoms with van der Waals surface area (Å²) in [5, 5.41) is 10.0. The minimum Gasteiger partial charge on any atom is -0.456 e. The molecule has 0 heterocycles. The molecule has 0 unspecified atom stereocenters. The number of carbonyl (C=O) groups is 4. The SMILES string of the molecule is [2H]COC[C@@H](O)[C@H](OC(C)=O)[C@H](OC(C)=O)[C@H](C=O)OC(C)=O. The Bertz CT molecular complexity index is 426. The van der Waals surface area contributed by atoms with Gasteiger partial charge in [0.25, 0.3) is 0 Å². The average Bonchev–Trinajstić information content (AvgIpc) is 2.45. The summed E-state index contributed by atoms with van der Waals surface area (Å²) < 4.78 is 26.0. The topological polar surface area (TPSA) is 125 Å². The van der Waals surface area contributed by atoms with Crippen LogP contribution in [0.4, 0.5) is 0 Å². The van der Waals surface area contributed by atoms with Crippen LogP contribution >= 0.6 is 0 Å². The molecule has 0 rings (SSSR count). The average molecular weight is 321 g/mol. The van der Waals surface area contributed by atoms with E-state index in [0.29, 0.717) is 0 Å². The zero-order valence-electron chi connectivity index (χ0n) is 13.5. The van der Waals surface area contributed by atoms with Crippen LogP contribution in [0, 0.1) is 0 Å². The van der Waals surface area contributed by atoms with Gasteiger partial charge in [-0.15, -0.1) is 0 Å². The maximum atomic E-state index is 11.2. The van der Waals surface area contributed by atoms with Crippen LogP contribution in [-0.4, -0.2) is 67.4 Å². The number of hydrogen-bond acceptors (Lipinski definition) is 9. The first-order valence-corrected chi connectivity index (χ1v) is 6.24. The number of aliphatic hydroxyl groups is 1. The van der Waals surface area contributed by atoms with E-state index in [2.05, 4.69) is 0 Å². The molecule has 0 aromatic rings. The summed E-state index contributed by atoms with van der Waals surface area (Å²) in [5.74, 6) is -2.51. The maximum absolute atomic E-state index is 11.2. The number of aldehydes is 1. The zero-order valence-corrected chi connectivity index (χ0v) is 12.5. The Morgan fingerprint density at radius 1 is 1.05 bits per heavy atom. The fourth-order valence-electron chi connectivity index (χ4n) is 1.65. The molecular formula is C13H20O9. The highest BCUT2D eigenvalue weighted by Gasteiger charge is 2.41. The number of aliphatic hydroxyl groups excluding tert-OH is 1. The van der Waals surface area contributed by atoms with Crippen LogP contribution in [0.2, 0.25) is 0 Å². The molecule has 9 heteroatoms. The van der Waals surface area contributed by atoms with Crippen LogP contribution in [0.15, 0.2) is 0 Å². The molecule has 0 saturated carbocycles. The lowest BCUT2D eigenvalue weighted by Crippen LogP contribution is -2.52. The lowest BCUT2D eigenvalue weighted by Gasteiger charge is -2.31. The fourth-order valence-corrected chi connectivity index (χ4v) is 1.65. The van der Waals surface area contributed by atoms with Crippen molar-refractivity contribution in [2.45, 2.75) is 45.2 Å². The van der Waals surface area contributed by atoms with Gasteiger partial charge in [-0.1, -0.05) is 0 Å².